The van der Waals surface area contributed by atoms with Gasteiger partial charge in [-0.1, -0.05) is 99.3 Å². The number of ether oxygens (including phenoxy) is 1. The van der Waals surface area contributed by atoms with Crippen molar-refractivity contribution in [1.82, 2.24) is 14.9 Å². The van der Waals surface area contributed by atoms with E-state index in [1.54, 1.807) is 0 Å². The number of unbranched alkanes of at least 4 members (excludes halogenated alkanes) is 2. The number of methoxy groups -OCH3 is 1. The lowest BCUT2D eigenvalue weighted by molar-refractivity contribution is 0.0600. The summed E-state index contributed by atoms with van der Waals surface area (Å²) in [7, 11) is 1.41. The number of carbonyl (C=O) groups is 1. The Bertz CT molecular complexity index is 1390. The van der Waals surface area contributed by atoms with Crippen LogP contribution in [0.3, 0.4) is 0 Å². The maximum atomic E-state index is 11.9. The highest BCUT2D eigenvalue weighted by atomic mass is 16.5. The van der Waals surface area contributed by atoms with Crippen molar-refractivity contribution in [2.75, 3.05) is 7.11 Å². The first kappa shape index (κ1) is 29.3. The van der Waals surface area contributed by atoms with Gasteiger partial charge in [-0.05, 0) is 49.9 Å². The molecule has 5 heteroatoms. The molecule has 4 aromatic rings. The van der Waals surface area contributed by atoms with E-state index in [0.29, 0.717) is 12.1 Å². The zero-order valence-corrected chi connectivity index (χ0v) is 24.7. The lowest BCUT2D eigenvalue weighted by Gasteiger charge is -2.23. The van der Waals surface area contributed by atoms with E-state index in [2.05, 4.69) is 86.1 Å². The van der Waals surface area contributed by atoms with Crippen LogP contribution >= 0.6 is 0 Å². The molecule has 0 bridgehead atoms. The molecule has 0 radical (unpaired) electrons. The van der Waals surface area contributed by atoms with Gasteiger partial charge < -0.3 is 14.6 Å². The molecule has 210 valence electrons. The van der Waals surface area contributed by atoms with Gasteiger partial charge in [0.1, 0.15) is 5.82 Å². The lowest BCUT2D eigenvalue weighted by Crippen LogP contribution is -2.24. The Hall–Kier alpha value is -3.70. The maximum absolute atomic E-state index is 11.9. The minimum atomic E-state index is -0.313. The van der Waals surface area contributed by atoms with Crippen LogP contribution in [0, 0.1) is 13.8 Å². The van der Waals surface area contributed by atoms with Gasteiger partial charge in [-0.3, -0.25) is 0 Å². The van der Waals surface area contributed by atoms with E-state index in [1.807, 2.05) is 24.3 Å². The molecule has 0 aliphatic carbocycles. The van der Waals surface area contributed by atoms with Crippen molar-refractivity contribution in [3.63, 3.8) is 0 Å². The summed E-state index contributed by atoms with van der Waals surface area (Å²) in [6, 6.07) is 25.1. The summed E-state index contributed by atoms with van der Waals surface area (Å²) < 4.78 is 7.35. The predicted molar refractivity (Wildman–Crippen MR) is 164 cm³/mol. The van der Waals surface area contributed by atoms with E-state index < -0.39 is 0 Å². The van der Waals surface area contributed by atoms with Crippen LogP contribution in [0.2, 0.25) is 0 Å². The first-order chi connectivity index (χ1) is 19.5. The third-order valence-corrected chi connectivity index (χ3v) is 7.56. The minimum Gasteiger partial charge on any atom is -0.465 e. The number of benzene rings is 3. The second kappa shape index (κ2) is 14.1. The van der Waals surface area contributed by atoms with Gasteiger partial charge in [-0.25, -0.2) is 9.78 Å². The molecule has 5 nitrogen and oxygen atoms in total. The topological polar surface area (TPSA) is 56.1 Å². The van der Waals surface area contributed by atoms with E-state index in [9.17, 15) is 4.79 Å². The SMILES string of the molecule is CCCCC(NCc1ccc(C(=O)OC)cc1)c1c(-c2ccc(C)cc2)nc(-c2ccccc2C)n1CCCC. The molecule has 1 unspecified atom stereocenters. The fraction of sp³-hybridized carbons (Fsp3) is 0.371. The summed E-state index contributed by atoms with van der Waals surface area (Å²) in [4.78, 5) is 17.3. The van der Waals surface area contributed by atoms with Crippen molar-refractivity contribution < 1.29 is 9.53 Å². The second-order valence-electron chi connectivity index (χ2n) is 10.6. The van der Waals surface area contributed by atoms with Crippen molar-refractivity contribution in [3.8, 4) is 22.6 Å². The van der Waals surface area contributed by atoms with Crippen LogP contribution in [0.15, 0.2) is 72.8 Å². The molecule has 0 fully saturated rings. The average molecular weight is 538 g/mol. The highest BCUT2D eigenvalue weighted by Gasteiger charge is 2.26. The summed E-state index contributed by atoms with van der Waals surface area (Å²) >= 11 is 0. The summed E-state index contributed by atoms with van der Waals surface area (Å²) in [5, 5.41) is 3.89. The number of carbonyl (C=O) groups excluding carboxylic acids is 1. The number of esters is 1. The van der Waals surface area contributed by atoms with Crippen LogP contribution in [-0.4, -0.2) is 22.6 Å². The molecule has 0 aliphatic rings. The van der Waals surface area contributed by atoms with E-state index in [0.717, 1.165) is 61.3 Å². The van der Waals surface area contributed by atoms with Gasteiger partial charge in [-0.15, -0.1) is 0 Å². The first-order valence-electron chi connectivity index (χ1n) is 14.6. The Balaban J connectivity index is 1.81. The van der Waals surface area contributed by atoms with E-state index in [4.69, 9.17) is 9.72 Å². The Morgan fingerprint density at radius 1 is 0.925 bits per heavy atom. The highest BCUT2D eigenvalue weighted by molar-refractivity contribution is 5.89. The zero-order chi connectivity index (χ0) is 28.5. The van der Waals surface area contributed by atoms with Crippen molar-refractivity contribution in [1.29, 1.82) is 0 Å². The minimum absolute atomic E-state index is 0.124. The van der Waals surface area contributed by atoms with Crippen LogP contribution in [0.4, 0.5) is 0 Å². The summed E-state index contributed by atoms with van der Waals surface area (Å²) in [6.45, 7) is 10.4. The van der Waals surface area contributed by atoms with Gasteiger partial charge in [0, 0.05) is 30.3 Å². The normalized spacial score (nSPS) is 11.9. The Labute approximate surface area is 239 Å². The van der Waals surface area contributed by atoms with Crippen molar-refractivity contribution in [2.24, 2.45) is 0 Å². The Morgan fingerprint density at radius 3 is 2.27 bits per heavy atom. The molecule has 3 aromatic carbocycles. The largest absolute Gasteiger partial charge is 0.465 e. The Kier molecular flexibility index (Phi) is 10.3. The number of hydrogen-bond acceptors (Lipinski definition) is 4. The second-order valence-corrected chi connectivity index (χ2v) is 10.6. The molecule has 1 heterocycles. The summed E-state index contributed by atoms with van der Waals surface area (Å²) in [6.07, 6.45) is 5.46. The third kappa shape index (κ3) is 6.89. The number of imidazole rings is 1. The third-order valence-electron chi connectivity index (χ3n) is 7.56. The van der Waals surface area contributed by atoms with Gasteiger partial charge >= 0.3 is 5.97 Å². The lowest BCUT2D eigenvalue weighted by atomic mass is 9.99. The molecule has 1 aromatic heterocycles. The van der Waals surface area contributed by atoms with Crippen molar-refractivity contribution in [2.45, 2.75) is 78.9 Å². The fourth-order valence-electron chi connectivity index (χ4n) is 5.18. The number of nitrogens with zero attached hydrogens (tertiary/aromatic N) is 2. The van der Waals surface area contributed by atoms with Crippen LogP contribution in [0.5, 0.6) is 0 Å². The molecule has 1 N–H and O–H groups in total. The number of aryl methyl sites for hydroxylation is 2. The quantitative estimate of drug-likeness (QED) is 0.174. The van der Waals surface area contributed by atoms with Gasteiger partial charge in [0.2, 0.25) is 0 Å². The fourth-order valence-corrected chi connectivity index (χ4v) is 5.18. The van der Waals surface area contributed by atoms with Crippen LogP contribution in [-0.2, 0) is 17.8 Å². The molecule has 0 spiro atoms. The number of hydrogen-bond donors (Lipinski definition) is 1. The van der Waals surface area contributed by atoms with E-state index in [1.165, 1.54) is 29.5 Å². The van der Waals surface area contributed by atoms with Crippen LogP contribution in [0.1, 0.15) is 84.7 Å². The van der Waals surface area contributed by atoms with Crippen molar-refractivity contribution in [3.05, 3.63) is 101 Å². The monoisotopic (exact) mass is 537 g/mol. The number of nitrogens with one attached hydrogen (secondary N) is 1. The molecular formula is C35H43N3O2. The maximum Gasteiger partial charge on any atom is 0.337 e. The highest BCUT2D eigenvalue weighted by Crippen LogP contribution is 2.36. The molecule has 0 amide bonds. The molecule has 0 saturated heterocycles. The van der Waals surface area contributed by atoms with Crippen molar-refractivity contribution >= 4 is 5.97 Å². The Morgan fingerprint density at radius 2 is 1.62 bits per heavy atom. The van der Waals surface area contributed by atoms with Crippen LogP contribution < -0.4 is 5.32 Å². The smallest absolute Gasteiger partial charge is 0.337 e. The molecule has 4 rings (SSSR count). The van der Waals surface area contributed by atoms with Gasteiger partial charge in [-0.2, -0.15) is 0 Å². The first-order valence-corrected chi connectivity index (χ1v) is 14.6. The predicted octanol–water partition coefficient (Wildman–Crippen LogP) is 8.44. The molecule has 0 aliphatic heterocycles. The van der Waals surface area contributed by atoms with Gasteiger partial charge in [0.15, 0.2) is 0 Å². The number of aromatic nitrogens is 2. The van der Waals surface area contributed by atoms with E-state index in [-0.39, 0.29) is 12.0 Å². The summed E-state index contributed by atoms with van der Waals surface area (Å²) in [5.41, 5.74) is 8.82. The molecule has 40 heavy (non-hydrogen) atoms. The van der Waals surface area contributed by atoms with Gasteiger partial charge in [0.25, 0.3) is 0 Å². The molecule has 0 saturated carbocycles. The molecular weight excluding hydrogens is 494 g/mol. The van der Waals surface area contributed by atoms with Crippen LogP contribution in [0.25, 0.3) is 22.6 Å². The van der Waals surface area contributed by atoms with E-state index >= 15 is 0 Å². The summed E-state index contributed by atoms with van der Waals surface area (Å²) in [5.74, 6) is 0.731. The standard InChI is InChI=1S/C35H43N3O2/c1-6-8-14-31(36-24-27-17-21-29(22-18-27)35(39)40-5)33-32(28-19-15-25(3)16-20-28)37-34(38(33)23-9-7-2)30-13-11-10-12-26(30)4/h10-13,15-22,31,36H,6-9,14,23-24H2,1-5H3. The average Bonchev–Trinajstić information content (AvgIpc) is 3.35. The zero-order valence-electron chi connectivity index (χ0n) is 24.7. The molecule has 1 atom stereocenters. The van der Waals surface area contributed by atoms with Gasteiger partial charge in [0.05, 0.1) is 24.1 Å². The number of rotatable bonds is 13.